The summed E-state index contributed by atoms with van der Waals surface area (Å²) in [5, 5.41) is 7.56. The Bertz CT molecular complexity index is 696. The molecule has 1 aromatic heterocycles. The number of benzene rings is 1. The molecule has 2 N–H and O–H groups in total. The smallest absolute Gasteiger partial charge is 0.266 e. The van der Waals surface area contributed by atoms with E-state index in [1.165, 1.54) is 11.3 Å². The van der Waals surface area contributed by atoms with E-state index in [1.54, 1.807) is 6.07 Å². The van der Waals surface area contributed by atoms with Gasteiger partial charge in [-0.3, -0.25) is 9.59 Å². The van der Waals surface area contributed by atoms with Crippen LogP contribution in [0.5, 0.6) is 0 Å². The average molecular weight is 351 g/mol. The minimum atomic E-state index is -0.133. The lowest BCUT2D eigenvalue weighted by Crippen LogP contribution is -2.19. The van der Waals surface area contributed by atoms with E-state index in [-0.39, 0.29) is 11.8 Å². The first-order chi connectivity index (χ1) is 9.63. The average Bonchev–Trinajstić information content (AvgIpc) is 2.85. The Hall–Kier alpha value is -1.66. The zero-order valence-corrected chi connectivity index (χ0v) is 12.8. The van der Waals surface area contributed by atoms with Crippen LogP contribution in [0.25, 0.3) is 0 Å². The lowest BCUT2D eigenvalue weighted by atomic mass is 10.0. The van der Waals surface area contributed by atoms with Crippen molar-refractivity contribution >= 4 is 50.5 Å². The summed E-state index contributed by atoms with van der Waals surface area (Å²) >= 11 is 4.74. The van der Waals surface area contributed by atoms with Crippen molar-refractivity contribution in [3.63, 3.8) is 0 Å². The van der Waals surface area contributed by atoms with Gasteiger partial charge in [0.1, 0.15) is 4.88 Å². The molecule has 1 aliphatic rings. The summed E-state index contributed by atoms with van der Waals surface area (Å²) in [6.45, 7) is 0. The Morgan fingerprint density at radius 1 is 1.30 bits per heavy atom. The minimum Gasteiger partial charge on any atom is -0.326 e. The van der Waals surface area contributed by atoms with Crippen molar-refractivity contribution in [3.05, 3.63) is 44.6 Å². The molecular weight excluding hydrogens is 340 g/mol. The summed E-state index contributed by atoms with van der Waals surface area (Å²) in [6.07, 6.45) is 1.19. The lowest BCUT2D eigenvalue weighted by molar-refractivity contribution is -0.116. The van der Waals surface area contributed by atoms with E-state index in [9.17, 15) is 9.59 Å². The van der Waals surface area contributed by atoms with E-state index in [0.717, 1.165) is 21.4 Å². The predicted octanol–water partition coefficient (Wildman–Crippen LogP) is 3.65. The van der Waals surface area contributed by atoms with Crippen LogP contribution in [-0.2, 0) is 11.2 Å². The highest BCUT2D eigenvalue weighted by atomic mass is 79.9. The molecule has 0 spiro atoms. The van der Waals surface area contributed by atoms with Gasteiger partial charge in [0, 0.05) is 22.3 Å². The number of fused-ring (bicyclic) bond motifs is 1. The highest BCUT2D eigenvalue weighted by molar-refractivity contribution is 9.10. The molecule has 0 bridgehead atoms. The van der Waals surface area contributed by atoms with Crippen molar-refractivity contribution in [2.45, 2.75) is 12.8 Å². The van der Waals surface area contributed by atoms with Crippen LogP contribution in [0.15, 0.2) is 34.1 Å². The van der Waals surface area contributed by atoms with Gasteiger partial charge < -0.3 is 10.6 Å². The normalized spacial score (nSPS) is 13.6. The van der Waals surface area contributed by atoms with E-state index in [2.05, 4.69) is 26.6 Å². The maximum absolute atomic E-state index is 12.1. The monoisotopic (exact) mass is 350 g/mol. The van der Waals surface area contributed by atoms with Crippen molar-refractivity contribution in [2.24, 2.45) is 0 Å². The van der Waals surface area contributed by atoms with Gasteiger partial charge in [-0.05, 0) is 57.6 Å². The number of halogens is 1. The Morgan fingerprint density at radius 3 is 2.90 bits per heavy atom. The second-order valence-electron chi connectivity index (χ2n) is 4.47. The zero-order chi connectivity index (χ0) is 14.1. The maximum Gasteiger partial charge on any atom is 0.266 e. The molecule has 0 saturated carbocycles. The zero-order valence-electron chi connectivity index (χ0n) is 10.4. The lowest BCUT2D eigenvalue weighted by Gasteiger charge is -2.17. The van der Waals surface area contributed by atoms with Crippen LogP contribution in [0.1, 0.15) is 21.7 Å². The molecule has 102 valence electrons. The standard InChI is InChI=1S/C14H11BrN2O2S/c15-10-5-6-20-13(10)14(19)16-9-2-3-11-8(7-9)1-4-12(18)17-11/h2-3,5-7H,1,4H2,(H,16,19)(H,17,18). The third kappa shape index (κ3) is 2.62. The summed E-state index contributed by atoms with van der Waals surface area (Å²) in [5.74, 6) is -0.0940. The van der Waals surface area contributed by atoms with E-state index in [0.29, 0.717) is 17.7 Å². The third-order valence-electron chi connectivity index (χ3n) is 3.08. The van der Waals surface area contributed by atoms with Crippen LogP contribution >= 0.6 is 27.3 Å². The van der Waals surface area contributed by atoms with E-state index in [1.807, 2.05) is 23.6 Å². The second-order valence-corrected chi connectivity index (χ2v) is 6.24. The Labute approximate surface area is 128 Å². The Kier molecular flexibility index (Phi) is 3.58. The molecule has 0 aliphatic carbocycles. The maximum atomic E-state index is 12.1. The van der Waals surface area contributed by atoms with Crippen LogP contribution in [0, 0.1) is 0 Å². The molecule has 1 aliphatic heterocycles. The first-order valence-corrected chi connectivity index (χ1v) is 7.78. The number of carbonyl (C=O) groups is 2. The Balaban J connectivity index is 1.80. The summed E-state index contributed by atoms with van der Waals surface area (Å²) in [4.78, 5) is 24.1. The topological polar surface area (TPSA) is 58.2 Å². The number of hydrogen-bond donors (Lipinski definition) is 2. The van der Waals surface area contributed by atoms with Gasteiger partial charge in [-0.25, -0.2) is 0 Å². The molecule has 0 fully saturated rings. The molecule has 6 heteroatoms. The van der Waals surface area contributed by atoms with Crippen molar-refractivity contribution in [2.75, 3.05) is 10.6 Å². The highest BCUT2D eigenvalue weighted by Gasteiger charge is 2.16. The van der Waals surface area contributed by atoms with E-state index in [4.69, 9.17) is 0 Å². The number of carbonyl (C=O) groups excluding carboxylic acids is 2. The number of nitrogens with one attached hydrogen (secondary N) is 2. The minimum absolute atomic E-state index is 0.0387. The van der Waals surface area contributed by atoms with Gasteiger partial charge in [0.05, 0.1) is 0 Å². The number of anilines is 2. The van der Waals surface area contributed by atoms with E-state index < -0.39 is 0 Å². The van der Waals surface area contributed by atoms with Gasteiger partial charge in [-0.1, -0.05) is 0 Å². The van der Waals surface area contributed by atoms with Crippen LogP contribution in [0.4, 0.5) is 11.4 Å². The van der Waals surface area contributed by atoms with Gasteiger partial charge >= 0.3 is 0 Å². The number of aryl methyl sites for hydroxylation is 1. The molecule has 1 aromatic carbocycles. The summed E-state index contributed by atoms with van der Waals surface area (Å²) in [6, 6.07) is 7.38. The molecule has 4 nitrogen and oxygen atoms in total. The molecule has 0 unspecified atom stereocenters. The molecular formula is C14H11BrN2O2S. The molecule has 2 amide bonds. The molecule has 2 heterocycles. The van der Waals surface area contributed by atoms with Gasteiger partial charge in [0.15, 0.2) is 0 Å². The number of amides is 2. The molecule has 0 radical (unpaired) electrons. The molecule has 2 aromatic rings. The quantitative estimate of drug-likeness (QED) is 0.868. The van der Waals surface area contributed by atoms with Gasteiger partial charge in [0.25, 0.3) is 5.91 Å². The van der Waals surface area contributed by atoms with Crippen molar-refractivity contribution in [1.82, 2.24) is 0 Å². The van der Waals surface area contributed by atoms with Gasteiger partial charge in [0.2, 0.25) is 5.91 Å². The van der Waals surface area contributed by atoms with Crippen LogP contribution in [-0.4, -0.2) is 11.8 Å². The first kappa shape index (κ1) is 13.3. The van der Waals surface area contributed by atoms with Crippen molar-refractivity contribution < 1.29 is 9.59 Å². The van der Waals surface area contributed by atoms with Crippen molar-refractivity contribution in [1.29, 1.82) is 0 Å². The number of rotatable bonds is 2. The van der Waals surface area contributed by atoms with E-state index >= 15 is 0 Å². The second kappa shape index (κ2) is 5.38. The molecule has 0 saturated heterocycles. The third-order valence-corrected chi connectivity index (χ3v) is 4.92. The fourth-order valence-electron chi connectivity index (χ4n) is 2.10. The summed E-state index contributed by atoms with van der Waals surface area (Å²) in [5.41, 5.74) is 2.62. The predicted molar refractivity (Wildman–Crippen MR) is 83.4 cm³/mol. The highest BCUT2D eigenvalue weighted by Crippen LogP contribution is 2.27. The summed E-state index contributed by atoms with van der Waals surface area (Å²) in [7, 11) is 0. The van der Waals surface area contributed by atoms with Crippen LogP contribution in [0.2, 0.25) is 0 Å². The van der Waals surface area contributed by atoms with Crippen LogP contribution in [0.3, 0.4) is 0 Å². The molecule has 3 rings (SSSR count). The molecule has 20 heavy (non-hydrogen) atoms. The van der Waals surface area contributed by atoms with Crippen molar-refractivity contribution in [3.8, 4) is 0 Å². The molecule has 0 atom stereocenters. The fraction of sp³-hybridized carbons (Fsp3) is 0.143. The first-order valence-electron chi connectivity index (χ1n) is 6.10. The summed E-state index contributed by atoms with van der Waals surface area (Å²) < 4.78 is 0.797. The number of thiophene rings is 1. The van der Waals surface area contributed by atoms with Gasteiger partial charge in [-0.15, -0.1) is 11.3 Å². The number of hydrogen-bond acceptors (Lipinski definition) is 3. The Morgan fingerprint density at radius 2 is 2.15 bits per heavy atom. The van der Waals surface area contributed by atoms with Crippen LogP contribution < -0.4 is 10.6 Å². The van der Waals surface area contributed by atoms with Gasteiger partial charge in [-0.2, -0.15) is 0 Å². The fourth-order valence-corrected chi connectivity index (χ4v) is 3.55. The SMILES string of the molecule is O=C1CCc2cc(NC(=O)c3sccc3Br)ccc2N1. The largest absolute Gasteiger partial charge is 0.326 e.